The summed E-state index contributed by atoms with van der Waals surface area (Å²) in [5.74, 6) is 0.0604. The van der Waals surface area contributed by atoms with Gasteiger partial charge in [0.1, 0.15) is 0 Å². The summed E-state index contributed by atoms with van der Waals surface area (Å²) in [6.45, 7) is 0.888. The zero-order chi connectivity index (χ0) is 24.3. The minimum absolute atomic E-state index is 0.00746. The molecule has 0 saturated carbocycles. The summed E-state index contributed by atoms with van der Waals surface area (Å²) in [7, 11) is -0.465. The van der Waals surface area contributed by atoms with Gasteiger partial charge in [0, 0.05) is 38.3 Å². The van der Waals surface area contributed by atoms with Crippen LogP contribution in [0.5, 0.6) is 11.5 Å². The number of para-hydroxylation sites is 1. The third kappa shape index (κ3) is 5.02. The van der Waals surface area contributed by atoms with Crippen LogP contribution in [0, 0.1) is 5.92 Å². The van der Waals surface area contributed by atoms with Crippen LogP contribution in [0.4, 0.5) is 5.69 Å². The Bertz CT molecular complexity index is 1170. The normalized spacial score (nSPS) is 18.5. The number of nitrogens with zero attached hydrogens (tertiary/aromatic N) is 2. The summed E-state index contributed by atoms with van der Waals surface area (Å²) < 4.78 is 37.9. The molecule has 1 saturated heterocycles. The zero-order valence-electron chi connectivity index (χ0n) is 19.3. The Morgan fingerprint density at radius 3 is 2.44 bits per heavy atom. The fraction of sp³-hybridized carbons (Fsp3) is 0.417. The van der Waals surface area contributed by atoms with Gasteiger partial charge >= 0.3 is 0 Å². The number of rotatable bonds is 8. The van der Waals surface area contributed by atoms with Gasteiger partial charge in [-0.15, -0.1) is 0 Å². The van der Waals surface area contributed by atoms with Crippen LogP contribution in [0.3, 0.4) is 0 Å². The third-order valence-corrected chi connectivity index (χ3v) is 8.12. The molecule has 0 radical (unpaired) electrons. The quantitative estimate of drug-likeness (QED) is 0.606. The molecule has 10 heteroatoms. The van der Waals surface area contributed by atoms with E-state index in [1.807, 2.05) is 42.5 Å². The van der Waals surface area contributed by atoms with Crippen LogP contribution in [-0.2, 0) is 32.6 Å². The number of benzene rings is 2. The molecule has 1 N–H and O–H groups in total. The van der Waals surface area contributed by atoms with Crippen molar-refractivity contribution in [2.24, 2.45) is 5.92 Å². The molecular weight excluding hydrogens is 458 g/mol. The summed E-state index contributed by atoms with van der Waals surface area (Å²) in [5.41, 5.74) is 2.67. The molecule has 0 spiro atoms. The fourth-order valence-electron chi connectivity index (χ4n) is 4.41. The van der Waals surface area contributed by atoms with Crippen LogP contribution < -0.4 is 19.7 Å². The lowest BCUT2D eigenvalue weighted by atomic mass is 10.0. The van der Waals surface area contributed by atoms with E-state index in [-0.39, 0.29) is 43.6 Å². The van der Waals surface area contributed by atoms with E-state index < -0.39 is 15.9 Å². The SMILES string of the molecule is COc1cc2c(cc1OC)CN(S(=O)(=O)CCNC(=O)[C@@H]1CC(=O)N(c3ccccc3)C1)CC2. The highest BCUT2D eigenvalue weighted by Gasteiger charge is 2.35. The molecule has 34 heavy (non-hydrogen) atoms. The van der Waals surface area contributed by atoms with E-state index in [9.17, 15) is 18.0 Å². The van der Waals surface area contributed by atoms with Crippen molar-refractivity contribution in [1.29, 1.82) is 0 Å². The lowest BCUT2D eigenvalue weighted by Gasteiger charge is -2.29. The van der Waals surface area contributed by atoms with Crippen molar-refractivity contribution < 1.29 is 27.5 Å². The molecule has 0 aliphatic carbocycles. The second kappa shape index (κ2) is 10.0. The van der Waals surface area contributed by atoms with Crippen LogP contribution in [0.25, 0.3) is 0 Å². The first-order valence-corrected chi connectivity index (χ1v) is 12.8. The average molecular weight is 488 g/mol. The number of fused-ring (bicyclic) bond motifs is 1. The largest absolute Gasteiger partial charge is 0.493 e. The number of ether oxygens (including phenoxy) is 2. The zero-order valence-corrected chi connectivity index (χ0v) is 20.1. The minimum Gasteiger partial charge on any atom is -0.493 e. The van der Waals surface area contributed by atoms with E-state index in [4.69, 9.17) is 9.47 Å². The summed E-state index contributed by atoms with van der Waals surface area (Å²) in [6.07, 6.45) is 0.683. The molecule has 2 heterocycles. The van der Waals surface area contributed by atoms with Gasteiger partial charge in [0.05, 0.1) is 25.9 Å². The van der Waals surface area contributed by atoms with Crippen molar-refractivity contribution in [2.75, 3.05) is 44.5 Å². The molecule has 0 aromatic heterocycles. The number of hydrogen-bond acceptors (Lipinski definition) is 6. The second-order valence-electron chi connectivity index (χ2n) is 8.41. The van der Waals surface area contributed by atoms with Gasteiger partial charge in [-0.3, -0.25) is 9.59 Å². The van der Waals surface area contributed by atoms with Crippen molar-refractivity contribution >= 4 is 27.5 Å². The number of carbonyl (C=O) groups excluding carboxylic acids is 2. The molecular formula is C24H29N3O6S. The Kier molecular flexibility index (Phi) is 7.08. The summed E-state index contributed by atoms with van der Waals surface area (Å²) in [4.78, 5) is 26.5. The molecule has 1 fully saturated rings. The van der Waals surface area contributed by atoms with E-state index in [2.05, 4.69) is 5.32 Å². The molecule has 2 amide bonds. The molecule has 4 rings (SSSR count). The van der Waals surface area contributed by atoms with Crippen LogP contribution in [-0.4, -0.2) is 64.1 Å². The Morgan fingerprint density at radius 1 is 1.09 bits per heavy atom. The van der Waals surface area contributed by atoms with Gasteiger partial charge in [0.15, 0.2) is 11.5 Å². The predicted molar refractivity (Wildman–Crippen MR) is 127 cm³/mol. The van der Waals surface area contributed by atoms with Crippen molar-refractivity contribution in [3.8, 4) is 11.5 Å². The third-order valence-electron chi connectivity index (χ3n) is 6.30. The molecule has 2 aromatic carbocycles. The van der Waals surface area contributed by atoms with Gasteiger partial charge in [0.2, 0.25) is 21.8 Å². The molecule has 2 aliphatic heterocycles. The number of methoxy groups -OCH3 is 2. The first-order valence-electron chi connectivity index (χ1n) is 11.2. The summed E-state index contributed by atoms with van der Waals surface area (Å²) in [6, 6.07) is 12.9. The molecule has 9 nitrogen and oxygen atoms in total. The van der Waals surface area contributed by atoms with E-state index in [0.717, 1.165) is 16.8 Å². The fourth-order valence-corrected chi connectivity index (χ4v) is 5.74. The number of anilines is 1. The molecule has 182 valence electrons. The van der Waals surface area contributed by atoms with E-state index >= 15 is 0 Å². The minimum atomic E-state index is -3.58. The summed E-state index contributed by atoms with van der Waals surface area (Å²) in [5, 5.41) is 2.70. The van der Waals surface area contributed by atoms with Gasteiger partial charge in [-0.05, 0) is 41.8 Å². The van der Waals surface area contributed by atoms with E-state index in [1.54, 1.807) is 19.1 Å². The topological polar surface area (TPSA) is 105 Å². The molecule has 2 aliphatic rings. The molecule has 0 unspecified atom stereocenters. The summed E-state index contributed by atoms with van der Waals surface area (Å²) >= 11 is 0. The maximum absolute atomic E-state index is 12.9. The van der Waals surface area contributed by atoms with Gasteiger partial charge in [0.25, 0.3) is 0 Å². The monoisotopic (exact) mass is 487 g/mol. The number of sulfonamides is 1. The number of hydrogen-bond donors (Lipinski definition) is 1. The Balaban J connectivity index is 1.32. The number of amides is 2. The Hall–Kier alpha value is -3.11. The van der Waals surface area contributed by atoms with Crippen LogP contribution >= 0.6 is 0 Å². The molecule has 1 atom stereocenters. The van der Waals surface area contributed by atoms with Gasteiger partial charge < -0.3 is 19.7 Å². The number of carbonyl (C=O) groups is 2. The predicted octanol–water partition coefficient (Wildman–Crippen LogP) is 1.56. The highest BCUT2D eigenvalue weighted by molar-refractivity contribution is 7.89. The highest BCUT2D eigenvalue weighted by Crippen LogP contribution is 2.33. The van der Waals surface area contributed by atoms with Crippen LogP contribution in [0.2, 0.25) is 0 Å². The van der Waals surface area contributed by atoms with Crippen LogP contribution in [0.15, 0.2) is 42.5 Å². The average Bonchev–Trinajstić information content (AvgIpc) is 3.24. The standard InChI is InChI=1S/C24H29N3O6S/c1-32-21-12-17-8-10-26(15-18(17)13-22(21)33-2)34(30,31)11-9-25-24(29)19-14-23(28)27(16-19)20-6-4-3-5-7-20/h3-7,12-13,19H,8-11,14-16H2,1-2H3,(H,25,29)/t19-/m1/s1. The second-order valence-corrected chi connectivity index (χ2v) is 10.5. The van der Waals surface area contributed by atoms with Crippen molar-refractivity contribution in [1.82, 2.24) is 9.62 Å². The first kappa shape index (κ1) is 24.0. The van der Waals surface area contributed by atoms with Crippen molar-refractivity contribution in [3.05, 3.63) is 53.6 Å². The lowest BCUT2D eigenvalue weighted by molar-refractivity contribution is -0.126. The Morgan fingerprint density at radius 2 is 1.76 bits per heavy atom. The smallest absolute Gasteiger partial charge is 0.227 e. The van der Waals surface area contributed by atoms with E-state index in [0.29, 0.717) is 24.5 Å². The lowest BCUT2D eigenvalue weighted by Crippen LogP contribution is -2.41. The Labute approximate surface area is 199 Å². The molecule has 2 aromatic rings. The molecule has 0 bridgehead atoms. The van der Waals surface area contributed by atoms with Crippen molar-refractivity contribution in [2.45, 2.75) is 19.4 Å². The highest BCUT2D eigenvalue weighted by atomic mass is 32.2. The van der Waals surface area contributed by atoms with Crippen molar-refractivity contribution in [3.63, 3.8) is 0 Å². The van der Waals surface area contributed by atoms with E-state index in [1.165, 1.54) is 4.31 Å². The number of nitrogens with one attached hydrogen (secondary N) is 1. The van der Waals surface area contributed by atoms with Crippen LogP contribution in [0.1, 0.15) is 17.5 Å². The maximum atomic E-state index is 12.9. The van der Waals surface area contributed by atoms with Gasteiger partial charge in [-0.25, -0.2) is 8.42 Å². The maximum Gasteiger partial charge on any atom is 0.227 e. The first-order chi connectivity index (χ1) is 16.3. The van der Waals surface area contributed by atoms with Gasteiger partial charge in [-0.2, -0.15) is 4.31 Å². The van der Waals surface area contributed by atoms with Gasteiger partial charge in [-0.1, -0.05) is 18.2 Å².